The molecule has 0 N–H and O–H groups in total. The first-order valence-corrected chi connectivity index (χ1v) is 8.36. The zero-order valence-electron chi connectivity index (χ0n) is 12.6. The van der Waals surface area contributed by atoms with Crippen LogP contribution in [0.15, 0.2) is 5.38 Å². The molecule has 1 spiro atoms. The van der Waals surface area contributed by atoms with Gasteiger partial charge in [0.2, 0.25) is 5.91 Å². The van der Waals surface area contributed by atoms with Gasteiger partial charge >= 0.3 is 0 Å². The number of likely N-dealkylation sites (tertiary alicyclic amines) is 1. The predicted molar refractivity (Wildman–Crippen MR) is 80.5 cm³/mol. The van der Waals surface area contributed by atoms with E-state index in [1.165, 1.54) is 0 Å². The van der Waals surface area contributed by atoms with Gasteiger partial charge < -0.3 is 14.4 Å². The summed E-state index contributed by atoms with van der Waals surface area (Å²) in [5.41, 5.74) is 0.705. The monoisotopic (exact) mass is 310 g/mol. The third-order valence-electron chi connectivity index (χ3n) is 4.55. The van der Waals surface area contributed by atoms with Gasteiger partial charge in [-0.3, -0.25) is 4.79 Å². The summed E-state index contributed by atoms with van der Waals surface area (Å²) in [6.45, 7) is 4.15. The molecule has 0 bridgehead atoms. The van der Waals surface area contributed by atoms with Gasteiger partial charge in [-0.05, 0) is 26.2 Å². The van der Waals surface area contributed by atoms with E-state index in [0.29, 0.717) is 13.0 Å². The maximum atomic E-state index is 12.4. The van der Waals surface area contributed by atoms with E-state index in [-0.39, 0.29) is 17.6 Å². The molecule has 0 radical (unpaired) electrons. The Morgan fingerprint density at radius 1 is 1.62 bits per heavy atom. The Bertz CT molecular complexity index is 511. The van der Waals surface area contributed by atoms with Crippen molar-refractivity contribution >= 4 is 17.2 Å². The minimum Gasteiger partial charge on any atom is -0.377 e. The number of hydrogen-bond acceptors (Lipinski definition) is 5. The van der Waals surface area contributed by atoms with E-state index in [1.807, 2.05) is 17.2 Å². The predicted octanol–water partition coefficient (Wildman–Crippen LogP) is 1.79. The van der Waals surface area contributed by atoms with Crippen LogP contribution in [-0.4, -0.2) is 54.3 Å². The van der Waals surface area contributed by atoms with Crippen molar-refractivity contribution < 1.29 is 14.3 Å². The molecule has 0 aliphatic carbocycles. The fourth-order valence-electron chi connectivity index (χ4n) is 3.39. The summed E-state index contributed by atoms with van der Waals surface area (Å²) in [6, 6.07) is 0. The van der Waals surface area contributed by atoms with Gasteiger partial charge in [-0.25, -0.2) is 4.98 Å². The standard InChI is InChI=1S/C15H22N2O3S/c1-11-16-12(10-21-11)8-14(18)17-6-5-15(4-3-7-20-15)13(9-17)19-2/h10,13H,3-9H2,1-2H3/t13-,15-/m0/s1. The second kappa shape index (κ2) is 6.02. The van der Waals surface area contributed by atoms with Crippen molar-refractivity contribution in [2.24, 2.45) is 0 Å². The first-order valence-electron chi connectivity index (χ1n) is 7.48. The summed E-state index contributed by atoms with van der Waals surface area (Å²) in [4.78, 5) is 18.7. The summed E-state index contributed by atoms with van der Waals surface area (Å²) in [5.74, 6) is 0.134. The number of amides is 1. The molecule has 1 amide bonds. The number of carbonyl (C=O) groups is 1. The Morgan fingerprint density at radius 3 is 3.10 bits per heavy atom. The average molecular weight is 310 g/mol. The van der Waals surface area contributed by atoms with E-state index in [2.05, 4.69) is 4.98 Å². The first-order chi connectivity index (χ1) is 10.1. The second-order valence-electron chi connectivity index (χ2n) is 5.87. The zero-order chi connectivity index (χ0) is 14.9. The lowest BCUT2D eigenvalue weighted by atomic mass is 9.85. The van der Waals surface area contributed by atoms with Gasteiger partial charge in [-0.2, -0.15) is 0 Å². The van der Waals surface area contributed by atoms with Gasteiger partial charge in [-0.15, -0.1) is 11.3 Å². The first kappa shape index (κ1) is 14.9. The number of thiazole rings is 1. The van der Waals surface area contributed by atoms with Crippen LogP contribution >= 0.6 is 11.3 Å². The number of piperidine rings is 1. The van der Waals surface area contributed by atoms with Crippen LogP contribution in [0.1, 0.15) is 30.0 Å². The van der Waals surface area contributed by atoms with Gasteiger partial charge in [0.25, 0.3) is 0 Å². The van der Waals surface area contributed by atoms with Gasteiger partial charge in [0.15, 0.2) is 0 Å². The van der Waals surface area contributed by atoms with E-state index >= 15 is 0 Å². The van der Waals surface area contributed by atoms with Crippen molar-refractivity contribution in [3.8, 4) is 0 Å². The number of ether oxygens (including phenoxy) is 2. The van der Waals surface area contributed by atoms with Gasteiger partial charge in [0.05, 0.1) is 22.7 Å². The lowest BCUT2D eigenvalue weighted by Crippen LogP contribution is -2.57. The quantitative estimate of drug-likeness (QED) is 0.854. The lowest BCUT2D eigenvalue weighted by Gasteiger charge is -2.44. The summed E-state index contributed by atoms with van der Waals surface area (Å²) >= 11 is 1.59. The molecule has 2 fully saturated rings. The SMILES string of the molecule is CO[C@H]1CN(C(=O)Cc2csc(C)n2)CC[C@@]12CCCO2. The second-order valence-corrected chi connectivity index (χ2v) is 6.93. The van der Waals surface area contributed by atoms with E-state index in [9.17, 15) is 4.79 Å². The number of hydrogen-bond donors (Lipinski definition) is 0. The van der Waals surface area contributed by atoms with Crippen molar-refractivity contribution in [1.82, 2.24) is 9.88 Å². The Balaban J connectivity index is 1.63. The minimum atomic E-state index is -0.164. The number of rotatable bonds is 3. The molecule has 2 aliphatic rings. The van der Waals surface area contributed by atoms with Crippen LogP contribution in [0.3, 0.4) is 0 Å². The van der Waals surface area contributed by atoms with Gasteiger partial charge in [-0.1, -0.05) is 0 Å². The molecule has 3 heterocycles. The highest BCUT2D eigenvalue weighted by Gasteiger charge is 2.47. The van der Waals surface area contributed by atoms with Crippen LogP contribution in [-0.2, 0) is 20.7 Å². The molecule has 0 aromatic carbocycles. The normalized spacial score (nSPS) is 29.2. The van der Waals surface area contributed by atoms with Crippen molar-refractivity contribution in [2.75, 3.05) is 26.8 Å². The molecule has 6 heteroatoms. The Hall–Kier alpha value is -0.980. The smallest absolute Gasteiger partial charge is 0.228 e. The molecule has 116 valence electrons. The van der Waals surface area contributed by atoms with Gasteiger partial charge in [0, 0.05) is 32.2 Å². The van der Waals surface area contributed by atoms with Crippen LogP contribution in [0, 0.1) is 6.92 Å². The summed E-state index contributed by atoms with van der Waals surface area (Å²) in [6.07, 6.45) is 3.36. The summed E-state index contributed by atoms with van der Waals surface area (Å²) < 4.78 is 11.6. The molecular weight excluding hydrogens is 288 g/mol. The van der Waals surface area contributed by atoms with Crippen LogP contribution in [0.5, 0.6) is 0 Å². The Labute approximate surface area is 129 Å². The van der Waals surface area contributed by atoms with E-state index in [1.54, 1.807) is 18.4 Å². The number of methoxy groups -OCH3 is 1. The fraction of sp³-hybridized carbons (Fsp3) is 0.733. The molecular formula is C15H22N2O3S. The van der Waals surface area contributed by atoms with Gasteiger partial charge in [0.1, 0.15) is 6.10 Å². The number of nitrogens with zero attached hydrogens (tertiary/aromatic N) is 2. The van der Waals surface area contributed by atoms with Crippen LogP contribution in [0.25, 0.3) is 0 Å². The van der Waals surface area contributed by atoms with E-state index < -0.39 is 0 Å². The van der Waals surface area contributed by atoms with Crippen LogP contribution < -0.4 is 0 Å². The maximum Gasteiger partial charge on any atom is 0.228 e. The Kier molecular flexibility index (Phi) is 4.28. The zero-order valence-corrected chi connectivity index (χ0v) is 13.4. The Morgan fingerprint density at radius 2 is 2.48 bits per heavy atom. The molecule has 1 aromatic rings. The van der Waals surface area contributed by atoms with E-state index in [4.69, 9.17) is 9.47 Å². The molecule has 3 rings (SSSR count). The lowest BCUT2D eigenvalue weighted by molar-refractivity contribution is -0.158. The molecule has 1 aromatic heterocycles. The summed E-state index contributed by atoms with van der Waals surface area (Å²) in [7, 11) is 1.71. The van der Waals surface area contributed by atoms with Crippen molar-refractivity contribution in [3.63, 3.8) is 0 Å². The molecule has 0 unspecified atom stereocenters. The largest absolute Gasteiger partial charge is 0.377 e. The van der Waals surface area contributed by atoms with Crippen molar-refractivity contribution in [2.45, 2.75) is 44.3 Å². The molecule has 2 aliphatic heterocycles. The minimum absolute atomic E-state index is 0.0186. The highest BCUT2D eigenvalue weighted by atomic mass is 32.1. The summed E-state index contributed by atoms with van der Waals surface area (Å²) in [5, 5.41) is 2.97. The van der Waals surface area contributed by atoms with Crippen molar-refractivity contribution in [3.05, 3.63) is 16.1 Å². The van der Waals surface area contributed by atoms with Crippen molar-refractivity contribution in [1.29, 1.82) is 0 Å². The molecule has 0 saturated carbocycles. The van der Waals surface area contributed by atoms with E-state index in [0.717, 1.165) is 43.1 Å². The molecule has 2 saturated heterocycles. The average Bonchev–Trinajstić information content (AvgIpc) is 3.09. The third kappa shape index (κ3) is 2.98. The molecule has 21 heavy (non-hydrogen) atoms. The highest BCUT2D eigenvalue weighted by Crippen LogP contribution is 2.37. The number of aryl methyl sites for hydroxylation is 1. The van der Waals surface area contributed by atoms with Crippen LogP contribution in [0.4, 0.5) is 0 Å². The fourth-order valence-corrected chi connectivity index (χ4v) is 4.00. The number of carbonyl (C=O) groups excluding carboxylic acids is 1. The third-order valence-corrected chi connectivity index (χ3v) is 5.37. The maximum absolute atomic E-state index is 12.4. The van der Waals surface area contributed by atoms with Crippen LogP contribution in [0.2, 0.25) is 0 Å². The number of aromatic nitrogens is 1. The highest BCUT2D eigenvalue weighted by molar-refractivity contribution is 7.09. The topological polar surface area (TPSA) is 51.7 Å². The molecule has 5 nitrogen and oxygen atoms in total. The molecule has 2 atom stereocenters.